The number of hydrogen-bond donors (Lipinski definition) is 3. The zero-order chi connectivity index (χ0) is 26.4. The van der Waals surface area contributed by atoms with Crippen molar-refractivity contribution in [3.63, 3.8) is 0 Å². The molecule has 6 rings (SSSR count). The Morgan fingerprint density at radius 3 is 2.32 bits per heavy atom. The first-order chi connectivity index (χ1) is 18.4. The number of aliphatic hydroxyl groups is 1. The molecule has 196 valence electrons. The van der Waals surface area contributed by atoms with Gasteiger partial charge in [-0.05, 0) is 61.7 Å². The van der Waals surface area contributed by atoms with Crippen molar-refractivity contribution in [1.29, 1.82) is 0 Å². The van der Waals surface area contributed by atoms with Gasteiger partial charge in [0.2, 0.25) is 11.8 Å². The number of nitrogens with zero attached hydrogens (tertiary/aromatic N) is 1. The van der Waals surface area contributed by atoms with Crippen LogP contribution in [0.1, 0.15) is 44.3 Å². The molecule has 6 atom stereocenters. The summed E-state index contributed by atoms with van der Waals surface area (Å²) in [6.07, 6.45) is 1.72. The monoisotopic (exact) mass is 512 g/mol. The molecule has 0 radical (unpaired) electrons. The van der Waals surface area contributed by atoms with Crippen molar-refractivity contribution in [2.24, 2.45) is 23.7 Å². The second kappa shape index (κ2) is 9.57. The molecule has 1 saturated carbocycles. The number of imide groups is 1. The van der Waals surface area contributed by atoms with Gasteiger partial charge in [0.15, 0.2) is 5.79 Å². The average Bonchev–Trinajstić information content (AvgIpc) is 3.40. The van der Waals surface area contributed by atoms with Crippen LogP contribution in [0.25, 0.3) is 0 Å². The zero-order valence-corrected chi connectivity index (χ0v) is 21.3. The number of carbonyl (C=O) groups excluding carboxylic acids is 2. The molecule has 3 N–H and O–H groups in total. The van der Waals surface area contributed by atoms with Gasteiger partial charge in [-0.1, -0.05) is 49.7 Å². The third-order valence-corrected chi connectivity index (χ3v) is 8.47. The first-order valence-corrected chi connectivity index (χ1v) is 13.4. The second-order valence-electron chi connectivity index (χ2n) is 10.7. The maximum Gasteiger partial charge on any atom is 0.238 e. The van der Waals surface area contributed by atoms with Gasteiger partial charge in [0.25, 0.3) is 0 Å². The van der Waals surface area contributed by atoms with Crippen molar-refractivity contribution in [3.8, 4) is 5.75 Å². The number of rotatable bonds is 6. The van der Waals surface area contributed by atoms with E-state index in [1.807, 2.05) is 55.5 Å². The summed E-state index contributed by atoms with van der Waals surface area (Å²) >= 11 is 0. The van der Waals surface area contributed by atoms with E-state index in [0.29, 0.717) is 30.5 Å². The van der Waals surface area contributed by atoms with E-state index in [9.17, 15) is 19.8 Å². The highest BCUT2D eigenvalue weighted by Crippen LogP contribution is 2.59. The first-order valence-electron chi connectivity index (χ1n) is 13.4. The Labute approximate surface area is 222 Å². The maximum absolute atomic E-state index is 13.9. The lowest BCUT2D eigenvalue weighted by molar-refractivity contribution is -0.270. The van der Waals surface area contributed by atoms with Gasteiger partial charge in [-0.15, -0.1) is 0 Å². The van der Waals surface area contributed by atoms with Crippen molar-refractivity contribution in [2.75, 3.05) is 10.2 Å². The van der Waals surface area contributed by atoms with Crippen LogP contribution in [0.15, 0.2) is 78.9 Å². The number of aromatic hydroxyl groups is 1. The average molecular weight is 513 g/mol. The lowest BCUT2D eigenvalue weighted by Gasteiger charge is -2.44. The lowest BCUT2D eigenvalue weighted by atomic mass is 9.63. The summed E-state index contributed by atoms with van der Waals surface area (Å²) < 4.78 is 6.30. The molecule has 3 aromatic carbocycles. The van der Waals surface area contributed by atoms with Crippen LogP contribution in [0.3, 0.4) is 0 Å². The smallest absolute Gasteiger partial charge is 0.238 e. The Morgan fingerprint density at radius 1 is 0.921 bits per heavy atom. The van der Waals surface area contributed by atoms with Crippen molar-refractivity contribution in [2.45, 2.75) is 44.5 Å². The summed E-state index contributed by atoms with van der Waals surface area (Å²) in [5.74, 6) is -3.91. The van der Waals surface area contributed by atoms with E-state index in [0.717, 1.165) is 17.8 Å². The van der Waals surface area contributed by atoms with Gasteiger partial charge in [0.05, 0.1) is 23.6 Å². The Bertz CT molecular complexity index is 1340. The number of fused-ring (bicyclic) bond motifs is 3. The summed E-state index contributed by atoms with van der Waals surface area (Å²) in [5.41, 5.74) is 2.92. The van der Waals surface area contributed by atoms with Crippen molar-refractivity contribution >= 4 is 28.9 Å². The number of phenolic OH excluding ortho intramolecular Hbond substituents is 1. The molecule has 1 aliphatic carbocycles. The number of ether oxygens (including phenoxy) is 1. The molecular formula is C31H32N2O5. The SMILES string of the molecule is CCC[C@H]1C[C@@H]2C(=O)N(c3ccc(Nc4ccccc4)cc3)C(=O)[C@@H]2[C@@H]2C[C@@H](c3ccccc3O)O[C@]12O. The molecule has 3 aliphatic rings. The number of carbonyl (C=O) groups is 2. The molecule has 2 amide bonds. The summed E-state index contributed by atoms with van der Waals surface area (Å²) in [6.45, 7) is 2.04. The normalized spacial score (nSPS) is 30.3. The van der Waals surface area contributed by atoms with E-state index in [4.69, 9.17) is 4.74 Å². The van der Waals surface area contributed by atoms with Gasteiger partial charge in [0.1, 0.15) is 5.75 Å². The fourth-order valence-corrected chi connectivity index (χ4v) is 6.75. The molecule has 0 unspecified atom stereocenters. The topological polar surface area (TPSA) is 99.1 Å². The van der Waals surface area contributed by atoms with E-state index in [1.54, 1.807) is 30.3 Å². The van der Waals surface area contributed by atoms with Gasteiger partial charge in [-0.25, -0.2) is 0 Å². The third kappa shape index (κ3) is 3.97. The Balaban J connectivity index is 1.30. The van der Waals surface area contributed by atoms with Crippen LogP contribution in [-0.2, 0) is 14.3 Å². The standard InChI is InChI=1S/C31H32N2O5/c1-2-8-19-17-24-28(25-18-27(38-31(19,25)37)23-11-6-7-12-26(23)34)30(36)33(29(24)35)22-15-13-21(14-16-22)32-20-9-4-3-5-10-20/h3-7,9-16,19,24-25,27-28,32,34,37H,2,8,17-18H2,1H3/t19-,24-,25-,27-,28-,31+/m0/s1. The van der Waals surface area contributed by atoms with Gasteiger partial charge < -0.3 is 20.3 Å². The number of hydrogen-bond acceptors (Lipinski definition) is 6. The van der Waals surface area contributed by atoms with Crippen LogP contribution >= 0.6 is 0 Å². The molecule has 2 heterocycles. The summed E-state index contributed by atoms with van der Waals surface area (Å²) in [7, 11) is 0. The van der Waals surface area contributed by atoms with Crippen LogP contribution in [-0.4, -0.2) is 27.8 Å². The van der Waals surface area contributed by atoms with Gasteiger partial charge in [0, 0.05) is 28.8 Å². The minimum Gasteiger partial charge on any atom is -0.508 e. The summed E-state index contributed by atoms with van der Waals surface area (Å²) in [5, 5.41) is 25.7. The van der Waals surface area contributed by atoms with Crippen LogP contribution in [0.4, 0.5) is 17.1 Å². The fourth-order valence-electron chi connectivity index (χ4n) is 6.75. The maximum atomic E-state index is 13.9. The van der Waals surface area contributed by atoms with E-state index < -0.39 is 29.6 Å². The highest BCUT2D eigenvalue weighted by atomic mass is 16.6. The lowest BCUT2D eigenvalue weighted by Crippen LogP contribution is -2.53. The number of amides is 2. The summed E-state index contributed by atoms with van der Waals surface area (Å²) in [6, 6.07) is 24.0. The Morgan fingerprint density at radius 2 is 1.61 bits per heavy atom. The molecule has 38 heavy (non-hydrogen) atoms. The number of anilines is 3. The number of benzene rings is 3. The van der Waals surface area contributed by atoms with Crippen molar-refractivity contribution in [3.05, 3.63) is 84.4 Å². The third-order valence-electron chi connectivity index (χ3n) is 8.47. The second-order valence-corrected chi connectivity index (χ2v) is 10.7. The molecule has 0 bridgehead atoms. The number of phenols is 1. The van der Waals surface area contributed by atoms with Crippen LogP contribution in [0, 0.1) is 23.7 Å². The predicted molar refractivity (Wildman–Crippen MR) is 144 cm³/mol. The number of nitrogens with one attached hydrogen (secondary N) is 1. The fraction of sp³-hybridized carbons (Fsp3) is 0.355. The highest BCUT2D eigenvalue weighted by Gasteiger charge is 2.66. The largest absolute Gasteiger partial charge is 0.508 e. The minimum absolute atomic E-state index is 0.1000. The van der Waals surface area contributed by atoms with Crippen LogP contribution < -0.4 is 10.2 Å². The molecule has 2 aliphatic heterocycles. The first kappa shape index (κ1) is 24.6. The van der Waals surface area contributed by atoms with Gasteiger partial charge >= 0.3 is 0 Å². The van der Waals surface area contributed by atoms with Gasteiger partial charge in [-0.3, -0.25) is 14.5 Å². The Kier molecular flexibility index (Phi) is 6.20. The quantitative estimate of drug-likeness (QED) is 0.376. The van der Waals surface area contributed by atoms with Crippen molar-refractivity contribution in [1.82, 2.24) is 0 Å². The van der Waals surface area contributed by atoms with Crippen molar-refractivity contribution < 1.29 is 24.5 Å². The highest BCUT2D eigenvalue weighted by molar-refractivity contribution is 6.22. The molecule has 2 saturated heterocycles. The van der Waals surface area contributed by atoms with E-state index in [-0.39, 0.29) is 23.5 Å². The Hall–Kier alpha value is -3.68. The minimum atomic E-state index is -1.53. The van der Waals surface area contributed by atoms with Crippen LogP contribution in [0.2, 0.25) is 0 Å². The zero-order valence-electron chi connectivity index (χ0n) is 21.3. The van der Waals surface area contributed by atoms with Crippen LogP contribution in [0.5, 0.6) is 5.75 Å². The molecular weight excluding hydrogens is 480 g/mol. The molecule has 7 heteroatoms. The van der Waals surface area contributed by atoms with Gasteiger partial charge in [-0.2, -0.15) is 0 Å². The molecule has 0 spiro atoms. The predicted octanol–water partition coefficient (Wildman–Crippen LogP) is 5.53. The molecule has 3 fully saturated rings. The molecule has 3 aromatic rings. The van der Waals surface area contributed by atoms with E-state index >= 15 is 0 Å². The number of para-hydroxylation sites is 2. The van der Waals surface area contributed by atoms with E-state index in [1.165, 1.54) is 4.90 Å². The molecule has 7 nitrogen and oxygen atoms in total. The summed E-state index contributed by atoms with van der Waals surface area (Å²) in [4.78, 5) is 28.9. The van der Waals surface area contributed by atoms with E-state index in [2.05, 4.69) is 5.32 Å². The molecule has 0 aromatic heterocycles.